The minimum absolute atomic E-state index is 0.00628. The van der Waals surface area contributed by atoms with Gasteiger partial charge in [0.05, 0.1) is 13.0 Å². The molecule has 3 heterocycles. The molecule has 0 saturated heterocycles. The number of fused-ring (bicyclic) bond motifs is 3. The highest BCUT2D eigenvalue weighted by Gasteiger charge is 2.39. The SMILES string of the molecule is COC(=O)C1=c2oc(=O)/c(=C/c3ccc(Br)cc3)n2-c2oc(N)nc2[C@@H]1c1ccc(Br)cc1. The maximum Gasteiger partial charge on any atom is 0.362 e. The lowest BCUT2D eigenvalue weighted by Gasteiger charge is -2.21. The first-order chi connectivity index (χ1) is 15.9. The number of hydrogen-bond acceptors (Lipinski definition) is 7. The van der Waals surface area contributed by atoms with Crippen molar-refractivity contribution in [1.29, 1.82) is 0 Å². The maximum absolute atomic E-state index is 13.0. The minimum Gasteiger partial charge on any atom is -0.465 e. The molecule has 0 spiro atoms. The summed E-state index contributed by atoms with van der Waals surface area (Å²) in [5, 5.41) is 0.153. The number of hydrogen-bond donors (Lipinski definition) is 1. The Hall–Kier alpha value is -3.37. The zero-order chi connectivity index (χ0) is 23.3. The van der Waals surface area contributed by atoms with Crippen LogP contribution in [0.5, 0.6) is 0 Å². The third-order valence-corrected chi connectivity index (χ3v) is 6.33. The standard InChI is InChI=1S/C23H15Br2N3O5/c1-31-22(30)17-16(12-4-8-14(25)9-5-12)18-20(33-23(26)27-18)28-15(21(29)32-19(17)28)10-11-2-6-13(24)7-3-11/h2-10,16H,1H3,(H2,26,27)/b15-10-/t16-/m1/s1. The number of nitrogens with two attached hydrogens (primary N) is 1. The molecule has 1 atom stereocenters. The summed E-state index contributed by atoms with van der Waals surface area (Å²) in [6.07, 6.45) is 1.64. The van der Waals surface area contributed by atoms with Crippen LogP contribution in [-0.2, 0) is 9.53 Å². The monoisotopic (exact) mass is 571 g/mol. The molecule has 0 aliphatic carbocycles. The van der Waals surface area contributed by atoms with Crippen molar-refractivity contribution in [1.82, 2.24) is 9.55 Å². The zero-order valence-corrected chi connectivity index (χ0v) is 20.2. The number of carbonyl (C=O) groups is 1. The van der Waals surface area contributed by atoms with Gasteiger partial charge in [0.25, 0.3) is 6.01 Å². The Morgan fingerprint density at radius 3 is 2.36 bits per heavy atom. The molecule has 10 heteroatoms. The third-order valence-electron chi connectivity index (χ3n) is 5.27. The number of halogens is 2. The first kappa shape index (κ1) is 21.5. The molecule has 1 aliphatic rings. The van der Waals surface area contributed by atoms with Crippen molar-refractivity contribution < 1.29 is 18.4 Å². The number of anilines is 1. The van der Waals surface area contributed by atoms with Crippen molar-refractivity contribution in [2.24, 2.45) is 0 Å². The molecule has 2 N–H and O–H groups in total. The summed E-state index contributed by atoms with van der Waals surface area (Å²) in [6.45, 7) is 0. The molecule has 33 heavy (non-hydrogen) atoms. The number of esters is 1. The molecule has 1 aliphatic heterocycles. The van der Waals surface area contributed by atoms with E-state index in [9.17, 15) is 9.59 Å². The van der Waals surface area contributed by atoms with Crippen molar-refractivity contribution in [3.63, 3.8) is 0 Å². The molecule has 0 amide bonds. The lowest BCUT2D eigenvalue weighted by molar-refractivity contribution is -0.134. The van der Waals surface area contributed by atoms with Crippen LogP contribution in [0.2, 0.25) is 0 Å². The first-order valence-electron chi connectivity index (χ1n) is 9.71. The van der Waals surface area contributed by atoms with Gasteiger partial charge in [0.15, 0.2) is 0 Å². The summed E-state index contributed by atoms with van der Waals surface area (Å²) < 4.78 is 19.6. The number of ether oxygens (including phenoxy) is 1. The van der Waals surface area contributed by atoms with Gasteiger partial charge in [0, 0.05) is 8.95 Å². The van der Waals surface area contributed by atoms with Crippen molar-refractivity contribution in [2.45, 2.75) is 5.92 Å². The van der Waals surface area contributed by atoms with Gasteiger partial charge in [-0.2, -0.15) is 4.98 Å². The Kier molecular flexibility index (Phi) is 5.34. The molecule has 5 rings (SSSR count). The van der Waals surface area contributed by atoms with Crippen LogP contribution in [0, 0.1) is 0 Å². The normalized spacial score (nSPS) is 15.3. The Morgan fingerprint density at radius 1 is 1.09 bits per heavy atom. The first-order valence-corrected chi connectivity index (χ1v) is 11.3. The topological polar surface area (TPSA) is 113 Å². The summed E-state index contributed by atoms with van der Waals surface area (Å²) in [5.41, 5.74) is 7.23. The summed E-state index contributed by atoms with van der Waals surface area (Å²) in [4.78, 5) is 30.3. The average Bonchev–Trinajstić information content (AvgIpc) is 3.33. The highest BCUT2D eigenvalue weighted by molar-refractivity contribution is 9.10. The van der Waals surface area contributed by atoms with Gasteiger partial charge in [-0.1, -0.05) is 56.1 Å². The van der Waals surface area contributed by atoms with E-state index in [0.717, 1.165) is 20.1 Å². The molecular formula is C23H15Br2N3O5. The van der Waals surface area contributed by atoms with Crippen LogP contribution in [0.3, 0.4) is 0 Å². The molecule has 4 aromatic rings. The molecule has 0 saturated carbocycles. The van der Waals surface area contributed by atoms with E-state index in [4.69, 9.17) is 19.3 Å². The van der Waals surface area contributed by atoms with Crippen molar-refractivity contribution in [3.05, 3.63) is 95.6 Å². The molecule has 8 nitrogen and oxygen atoms in total. The van der Waals surface area contributed by atoms with E-state index in [1.54, 1.807) is 6.08 Å². The Morgan fingerprint density at radius 2 is 1.73 bits per heavy atom. The highest BCUT2D eigenvalue weighted by Crippen LogP contribution is 2.38. The summed E-state index contributed by atoms with van der Waals surface area (Å²) in [6, 6.07) is 14.6. The summed E-state index contributed by atoms with van der Waals surface area (Å²) in [7, 11) is 1.26. The Bertz CT molecular complexity index is 1560. The highest BCUT2D eigenvalue weighted by atomic mass is 79.9. The van der Waals surface area contributed by atoms with Gasteiger partial charge in [0.2, 0.25) is 11.4 Å². The number of nitrogens with zero attached hydrogens (tertiary/aromatic N) is 2. The average molecular weight is 573 g/mol. The van der Waals surface area contributed by atoms with Gasteiger partial charge in [-0.05, 0) is 41.5 Å². The predicted octanol–water partition coefficient (Wildman–Crippen LogP) is 2.82. The van der Waals surface area contributed by atoms with Crippen LogP contribution in [-0.4, -0.2) is 22.6 Å². The third kappa shape index (κ3) is 3.65. The van der Waals surface area contributed by atoms with Crippen LogP contribution in [0.4, 0.5) is 6.01 Å². The number of rotatable bonds is 3. The van der Waals surface area contributed by atoms with E-state index in [1.807, 2.05) is 48.5 Å². The second-order valence-corrected chi connectivity index (χ2v) is 9.07. The van der Waals surface area contributed by atoms with Gasteiger partial charge in [-0.25, -0.2) is 14.2 Å². The number of nitrogen functional groups attached to an aromatic ring is 1. The van der Waals surface area contributed by atoms with Gasteiger partial charge < -0.3 is 19.3 Å². The van der Waals surface area contributed by atoms with Gasteiger partial charge in [-0.15, -0.1) is 0 Å². The summed E-state index contributed by atoms with van der Waals surface area (Å²) in [5.74, 6) is -1.17. The van der Waals surface area contributed by atoms with E-state index in [0.29, 0.717) is 5.69 Å². The van der Waals surface area contributed by atoms with Crippen LogP contribution < -0.4 is 22.3 Å². The molecule has 166 valence electrons. The van der Waals surface area contributed by atoms with Gasteiger partial charge >= 0.3 is 11.6 Å². The fourth-order valence-corrected chi connectivity index (χ4v) is 4.38. The Balaban J connectivity index is 1.90. The molecule has 2 aromatic carbocycles. The van der Waals surface area contributed by atoms with Gasteiger partial charge in [0.1, 0.15) is 16.6 Å². The largest absolute Gasteiger partial charge is 0.465 e. The maximum atomic E-state index is 13.0. The number of aromatic nitrogens is 2. The smallest absolute Gasteiger partial charge is 0.362 e. The Labute approximate surface area is 203 Å². The number of benzene rings is 2. The van der Waals surface area contributed by atoms with Crippen LogP contribution >= 0.6 is 31.9 Å². The van der Waals surface area contributed by atoms with Crippen molar-refractivity contribution in [3.8, 4) is 5.88 Å². The van der Waals surface area contributed by atoms with E-state index in [1.165, 1.54) is 11.7 Å². The van der Waals surface area contributed by atoms with E-state index < -0.39 is 17.5 Å². The lowest BCUT2D eigenvalue weighted by atomic mass is 9.87. The zero-order valence-electron chi connectivity index (χ0n) is 17.0. The van der Waals surface area contributed by atoms with E-state index in [-0.39, 0.29) is 28.4 Å². The molecule has 0 bridgehead atoms. The second-order valence-electron chi connectivity index (χ2n) is 7.24. The van der Waals surface area contributed by atoms with Crippen LogP contribution in [0.15, 0.2) is 71.1 Å². The number of methoxy groups -OCH3 is 1. The molecule has 0 unspecified atom stereocenters. The minimum atomic E-state index is -0.715. The van der Waals surface area contributed by atoms with Crippen LogP contribution in [0.1, 0.15) is 22.7 Å². The predicted molar refractivity (Wildman–Crippen MR) is 127 cm³/mol. The second kappa shape index (κ2) is 8.20. The molecular weight excluding hydrogens is 558 g/mol. The number of oxazole rings is 2. The quantitative estimate of drug-likeness (QED) is 0.375. The van der Waals surface area contributed by atoms with Crippen molar-refractivity contribution >= 4 is 55.5 Å². The van der Waals surface area contributed by atoms with E-state index >= 15 is 0 Å². The lowest BCUT2D eigenvalue weighted by Crippen LogP contribution is -2.37. The summed E-state index contributed by atoms with van der Waals surface area (Å²) >= 11 is 6.81. The van der Waals surface area contributed by atoms with Gasteiger partial charge in [-0.3, -0.25) is 0 Å². The van der Waals surface area contributed by atoms with E-state index in [2.05, 4.69) is 36.8 Å². The fraction of sp³-hybridized carbons (Fsp3) is 0.0870. The fourth-order valence-electron chi connectivity index (χ4n) is 3.85. The van der Waals surface area contributed by atoms with Crippen molar-refractivity contribution in [2.75, 3.05) is 12.8 Å². The van der Waals surface area contributed by atoms with Crippen LogP contribution in [0.25, 0.3) is 17.5 Å². The molecule has 2 aromatic heterocycles. The molecule has 0 fully saturated rings. The number of carbonyl (C=O) groups excluding carboxylic acids is 1. The molecule has 0 radical (unpaired) electrons.